The number of hydrogen-bond donors (Lipinski definition) is 0. The van der Waals surface area contributed by atoms with Crippen LogP contribution < -0.4 is 4.90 Å². The third kappa shape index (κ3) is 4.11. The largest absolute Gasteiger partial charge is 0.363 e. The Labute approximate surface area is 258 Å². The lowest BCUT2D eigenvalue weighted by atomic mass is 9.51. The van der Waals surface area contributed by atoms with Gasteiger partial charge in [0, 0.05) is 33.8 Å². The molecule has 0 aromatic heterocycles. The molecule has 42 heavy (non-hydrogen) atoms. The van der Waals surface area contributed by atoms with Crippen LogP contribution in [0.2, 0.25) is 10.0 Å². The van der Waals surface area contributed by atoms with E-state index in [0.717, 1.165) is 48.0 Å². The van der Waals surface area contributed by atoms with E-state index in [4.69, 9.17) is 23.2 Å². The molecule has 0 radical (unpaired) electrons. The second kappa shape index (κ2) is 10.6. The summed E-state index contributed by atoms with van der Waals surface area (Å²) in [7, 11) is 2.20. The Kier molecular flexibility index (Phi) is 6.88. The molecule has 1 saturated carbocycles. The third-order valence-electron chi connectivity index (χ3n) is 9.92. The number of fused-ring (bicyclic) bond motifs is 3. The first-order valence-electron chi connectivity index (χ1n) is 14.8. The average molecular weight is 591 g/mol. The number of carbonyl (C=O) groups is 1. The molecule has 0 unspecified atom stereocenters. The van der Waals surface area contributed by atoms with Gasteiger partial charge in [-0.05, 0) is 95.3 Å². The van der Waals surface area contributed by atoms with Gasteiger partial charge in [-0.15, -0.1) is 0 Å². The SMILES string of the molecule is CN1c2ccccc2C2(CCCCC2)[C@@]12C=C(c1ccc(Cl)cc1)C=C(c1ccccc1)[C@H]2C(=O)c1ccc(Cl)cc1. The van der Waals surface area contributed by atoms with Gasteiger partial charge in [-0.2, -0.15) is 0 Å². The number of nitrogens with zero attached hydrogens (tertiary/aromatic N) is 1. The predicted octanol–water partition coefficient (Wildman–Crippen LogP) is 10.1. The Hall–Kier alpha value is -3.59. The van der Waals surface area contributed by atoms with Gasteiger partial charge in [-0.3, -0.25) is 4.79 Å². The molecule has 3 aliphatic rings. The number of Topliss-reactive ketones (excluding diaryl/α,β-unsaturated/α-hetero) is 1. The summed E-state index contributed by atoms with van der Waals surface area (Å²) in [4.78, 5) is 17.6. The van der Waals surface area contributed by atoms with Crippen molar-refractivity contribution < 1.29 is 4.79 Å². The topological polar surface area (TPSA) is 20.3 Å². The highest BCUT2D eigenvalue weighted by Crippen LogP contribution is 2.64. The molecule has 0 saturated heterocycles. The molecule has 2 aliphatic carbocycles. The lowest BCUT2D eigenvalue weighted by Gasteiger charge is -2.56. The standard InChI is InChI=1S/C38H33Cl2NO/c1-41-34-13-7-6-12-33(34)37(22-8-3-9-23-37)38(41)25-29(26-14-18-30(39)19-15-26)24-32(27-10-4-2-5-11-27)35(38)36(42)28-16-20-31(40)21-17-28/h2,4-7,10-21,24-25,35H,3,8-9,22-23H2,1H3/t35-,38-/m0/s1. The van der Waals surface area contributed by atoms with E-state index in [1.54, 1.807) is 0 Å². The first-order chi connectivity index (χ1) is 20.4. The molecule has 1 heterocycles. The van der Waals surface area contributed by atoms with Crippen molar-refractivity contribution in [3.05, 3.63) is 148 Å². The lowest BCUT2D eigenvalue weighted by molar-refractivity contribution is 0.0841. The summed E-state index contributed by atoms with van der Waals surface area (Å²) < 4.78 is 0. The number of para-hydroxylation sites is 1. The Morgan fingerprint density at radius 3 is 2.05 bits per heavy atom. The highest BCUT2D eigenvalue weighted by Gasteiger charge is 2.65. The molecule has 0 N–H and O–H groups in total. The van der Waals surface area contributed by atoms with Crippen molar-refractivity contribution in [3.63, 3.8) is 0 Å². The van der Waals surface area contributed by atoms with E-state index in [-0.39, 0.29) is 11.2 Å². The van der Waals surface area contributed by atoms with Crippen LogP contribution in [0.3, 0.4) is 0 Å². The van der Waals surface area contributed by atoms with E-state index < -0.39 is 11.5 Å². The van der Waals surface area contributed by atoms with E-state index in [2.05, 4.69) is 84.8 Å². The summed E-state index contributed by atoms with van der Waals surface area (Å²) >= 11 is 12.6. The van der Waals surface area contributed by atoms with Crippen LogP contribution in [-0.2, 0) is 5.41 Å². The fourth-order valence-corrected chi connectivity index (χ4v) is 8.35. The Bertz CT molecular complexity index is 1700. The van der Waals surface area contributed by atoms with E-state index >= 15 is 4.79 Å². The average Bonchev–Trinajstić information content (AvgIpc) is 3.22. The molecule has 4 aromatic rings. The summed E-state index contributed by atoms with van der Waals surface area (Å²) in [6, 6.07) is 34.8. The zero-order valence-corrected chi connectivity index (χ0v) is 25.2. The van der Waals surface area contributed by atoms with Crippen LogP contribution in [0.15, 0.2) is 115 Å². The zero-order chi connectivity index (χ0) is 28.9. The number of benzene rings is 4. The minimum Gasteiger partial charge on any atom is -0.363 e. The van der Waals surface area contributed by atoms with Crippen LogP contribution in [0.4, 0.5) is 5.69 Å². The van der Waals surface area contributed by atoms with Crippen molar-refractivity contribution in [1.29, 1.82) is 0 Å². The highest BCUT2D eigenvalue weighted by atomic mass is 35.5. The van der Waals surface area contributed by atoms with Gasteiger partial charge in [0.1, 0.15) is 0 Å². The third-order valence-corrected chi connectivity index (χ3v) is 10.4. The number of ketones is 1. The van der Waals surface area contributed by atoms with Crippen LogP contribution in [0, 0.1) is 5.92 Å². The number of allylic oxidation sites excluding steroid dienone is 2. The first kappa shape index (κ1) is 27.3. The molecule has 2 atom stereocenters. The molecule has 4 heteroatoms. The van der Waals surface area contributed by atoms with Crippen LogP contribution in [-0.4, -0.2) is 18.4 Å². The van der Waals surface area contributed by atoms with Crippen LogP contribution >= 0.6 is 23.2 Å². The summed E-state index contributed by atoms with van der Waals surface area (Å²) in [5.41, 5.74) is 6.75. The van der Waals surface area contributed by atoms with Crippen LogP contribution in [0.5, 0.6) is 0 Å². The number of carbonyl (C=O) groups excluding carboxylic acids is 1. The van der Waals surface area contributed by atoms with Gasteiger partial charge in [0.05, 0.1) is 11.5 Å². The van der Waals surface area contributed by atoms with E-state index in [9.17, 15) is 0 Å². The summed E-state index contributed by atoms with van der Waals surface area (Å²) in [6.45, 7) is 0. The second-order valence-electron chi connectivity index (χ2n) is 11.9. The van der Waals surface area contributed by atoms with E-state index in [0.29, 0.717) is 15.6 Å². The smallest absolute Gasteiger partial charge is 0.173 e. The maximum atomic E-state index is 15.1. The monoisotopic (exact) mass is 589 g/mol. The zero-order valence-electron chi connectivity index (χ0n) is 23.7. The summed E-state index contributed by atoms with van der Waals surface area (Å²) in [5.74, 6) is -0.314. The molecule has 4 aromatic carbocycles. The van der Waals surface area contributed by atoms with Gasteiger partial charge < -0.3 is 4.90 Å². The quantitative estimate of drug-likeness (QED) is 0.221. The molecule has 1 fully saturated rings. The number of hydrogen-bond acceptors (Lipinski definition) is 2. The van der Waals surface area contributed by atoms with Crippen LogP contribution in [0.1, 0.15) is 59.2 Å². The van der Waals surface area contributed by atoms with Crippen molar-refractivity contribution in [2.24, 2.45) is 5.92 Å². The summed E-state index contributed by atoms with van der Waals surface area (Å²) in [6.07, 6.45) is 10.2. The highest BCUT2D eigenvalue weighted by molar-refractivity contribution is 6.31. The molecule has 2 nitrogen and oxygen atoms in total. The maximum absolute atomic E-state index is 15.1. The molecule has 1 aliphatic heterocycles. The number of halogens is 2. The molecule has 0 amide bonds. The van der Waals surface area contributed by atoms with Crippen molar-refractivity contribution >= 4 is 45.8 Å². The molecule has 7 rings (SSSR count). The van der Waals surface area contributed by atoms with E-state index in [1.807, 2.05) is 42.5 Å². The predicted molar refractivity (Wildman–Crippen MR) is 175 cm³/mol. The van der Waals surface area contributed by atoms with Gasteiger partial charge in [-0.1, -0.05) is 103 Å². The minimum atomic E-state index is -0.622. The minimum absolute atomic E-state index is 0.123. The lowest BCUT2D eigenvalue weighted by Crippen LogP contribution is -2.63. The molecular weight excluding hydrogens is 557 g/mol. The Morgan fingerprint density at radius 1 is 0.738 bits per heavy atom. The van der Waals surface area contributed by atoms with Crippen molar-refractivity contribution in [2.45, 2.75) is 43.1 Å². The summed E-state index contributed by atoms with van der Waals surface area (Å²) in [5, 5.41) is 1.34. The van der Waals surface area contributed by atoms with Crippen LogP contribution in [0.25, 0.3) is 11.1 Å². The molecule has 210 valence electrons. The Balaban J connectivity index is 1.57. The molecule has 2 spiro atoms. The van der Waals surface area contributed by atoms with Gasteiger partial charge >= 0.3 is 0 Å². The van der Waals surface area contributed by atoms with Crippen molar-refractivity contribution in [1.82, 2.24) is 0 Å². The van der Waals surface area contributed by atoms with Crippen molar-refractivity contribution in [3.8, 4) is 0 Å². The van der Waals surface area contributed by atoms with Gasteiger partial charge in [0.15, 0.2) is 5.78 Å². The van der Waals surface area contributed by atoms with Gasteiger partial charge in [0.25, 0.3) is 0 Å². The second-order valence-corrected chi connectivity index (χ2v) is 12.8. The van der Waals surface area contributed by atoms with Crippen molar-refractivity contribution in [2.75, 3.05) is 11.9 Å². The van der Waals surface area contributed by atoms with Gasteiger partial charge in [-0.25, -0.2) is 0 Å². The number of rotatable bonds is 4. The Morgan fingerprint density at radius 2 is 1.36 bits per heavy atom. The fraction of sp³-hybridized carbons (Fsp3) is 0.237. The maximum Gasteiger partial charge on any atom is 0.173 e. The number of anilines is 1. The molecule has 0 bridgehead atoms. The fourth-order valence-electron chi connectivity index (χ4n) is 8.10. The van der Waals surface area contributed by atoms with Gasteiger partial charge in [0.2, 0.25) is 0 Å². The number of likely N-dealkylation sites (N-methyl/N-ethyl adjacent to an activating group) is 1. The van der Waals surface area contributed by atoms with E-state index in [1.165, 1.54) is 17.7 Å². The first-order valence-corrected chi connectivity index (χ1v) is 15.6. The normalized spacial score (nSPS) is 22.5. The molecular formula is C38H33Cl2NO.